The van der Waals surface area contributed by atoms with Gasteiger partial charge in [-0.05, 0) is 30.3 Å². The lowest BCUT2D eigenvalue weighted by atomic mass is 10.2. The van der Waals surface area contributed by atoms with Crippen molar-refractivity contribution in [3.63, 3.8) is 0 Å². The lowest BCUT2D eigenvalue weighted by molar-refractivity contribution is -0.384. The first-order valence-electron chi connectivity index (χ1n) is 6.47. The van der Waals surface area contributed by atoms with Gasteiger partial charge in [-0.2, -0.15) is 0 Å². The molecule has 0 aromatic heterocycles. The van der Waals surface area contributed by atoms with Crippen molar-refractivity contribution in [2.75, 3.05) is 13.2 Å². The molecule has 0 heterocycles. The van der Waals surface area contributed by atoms with Crippen molar-refractivity contribution >= 4 is 39.2 Å². The van der Waals surface area contributed by atoms with Crippen LogP contribution in [0, 0.1) is 10.1 Å². The third kappa shape index (κ3) is 4.94. The summed E-state index contributed by atoms with van der Waals surface area (Å²) in [6, 6.07) is 10.8. The van der Waals surface area contributed by atoms with Crippen molar-refractivity contribution in [1.82, 2.24) is 0 Å². The van der Waals surface area contributed by atoms with Crippen LogP contribution in [0.5, 0.6) is 5.75 Å². The first-order valence-corrected chi connectivity index (χ1v) is 7.64. The Labute approximate surface area is 145 Å². The molecule has 2 aromatic rings. The van der Waals surface area contributed by atoms with Gasteiger partial charge in [0.2, 0.25) is 0 Å². The molecule has 0 fully saturated rings. The predicted octanol–water partition coefficient (Wildman–Crippen LogP) is 4.25. The van der Waals surface area contributed by atoms with E-state index in [2.05, 4.69) is 15.9 Å². The van der Waals surface area contributed by atoms with Crippen molar-refractivity contribution < 1.29 is 19.2 Å². The van der Waals surface area contributed by atoms with Crippen molar-refractivity contribution in [1.29, 1.82) is 0 Å². The summed E-state index contributed by atoms with van der Waals surface area (Å²) in [6.45, 7) is 0.209. The Morgan fingerprint density at radius 2 is 1.87 bits per heavy atom. The number of carbonyl (C=O) groups is 1. The molecule has 8 heteroatoms. The van der Waals surface area contributed by atoms with Gasteiger partial charge in [0.25, 0.3) is 5.69 Å². The maximum absolute atomic E-state index is 11.9. The van der Waals surface area contributed by atoms with Crippen LogP contribution in [-0.2, 0) is 4.74 Å². The Bertz CT molecular complexity index is 720. The number of nitro benzene ring substituents is 1. The summed E-state index contributed by atoms with van der Waals surface area (Å²) in [7, 11) is 0. The van der Waals surface area contributed by atoms with E-state index < -0.39 is 10.9 Å². The monoisotopic (exact) mass is 399 g/mol. The van der Waals surface area contributed by atoms with Gasteiger partial charge < -0.3 is 9.47 Å². The van der Waals surface area contributed by atoms with E-state index in [1.54, 1.807) is 12.1 Å². The molecule has 23 heavy (non-hydrogen) atoms. The number of carbonyl (C=O) groups excluding carboxylic acids is 1. The van der Waals surface area contributed by atoms with E-state index in [-0.39, 0.29) is 29.5 Å². The zero-order chi connectivity index (χ0) is 16.8. The molecule has 0 bridgehead atoms. The van der Waals surface area contributed by atoms with Crippen molar-refractivity contribution in [3.05, 3.63) is 67.6 Å². The van der Waals surface area contributed by atoms with E-state index in [1.807, 2.05) is 12.1 Å². The van der Waals surface area contributed by atoms with Crippen LogP contribution in [0.3, 0.4) is 0 Å². The van der Waals surface area contributed by atoms with Crippen LogP contribution in [0.15, 0.2) is 46.9 Å². The largest absolute Gasteiger partial charge is 0.490 e. The molecule has 2 rings (SSSR count). The van der Waals surface area contributed by atoms with Crippen LogP contribution in [0.1, 0.15) is 10.4 Å². The van der Waals surface area contributed by atoms with Gasteiger partial charge in [-0.3, -0.25) is 10.1 Å². The average molecular weight is 401 g/mol. The molecule has 0 amide bonds. The molecule has 0 saturated carbocycles. The molecule has 120 valence electrons. The minimum Gasteiger partial charge on any atom is -0.490 e. The molecule has 0 saturated heterocycles. The summed E-state index contributed by atoms with van der Waals surface area (Å²) in [4.78, 5) is 21.9. The molecular weight excluding hydrogens is 390 g/mol. The number of nitro groups is 1. The van der Waals surface area contributed by atoms with Crippen LogP contribution >= 0.6 is 27.5 Å². The van der Waals surface area contributed by atoms with E-state index in [4.69, 9.17) is 21.1 Å². The Kier molecular flexibility index (Phi) is 5.95. The number of nitrogens with zero attached hydrogens (tertiary/aromatic N) is 1. The number of benzene rings is 2. The van der Waals surface area contributed by atoms with E-state index in [1.165, 1.54) is 12.1 Å². The first-order chi connectivity index (χ1) is 11.0. The zero-order valence-electron chi connectivity index (χ0n) is 11.7. The fourth-order valence-electron chi connectivity index (χ4n) is 1.69. The van der Waals surface area contributed by atoms with Crippen LogP contribution in [0.4, 0.5) is 5.69 Å². The third-order valence-corrected chi connectivity index (χ3v) is 3.62. The summed E-state index contributed by atoms with van der Waals surface area (Å²) >= 11 is 9.16. The Morgan fingerprint density at radius 1 is 1.17 bits per heavy atom. The normalized spacial score (nSPS) is 10.2. The first kappa shape index (κ1) is 17.2. The second-order valence-electron chi connectivity index (χ2n) is 4.36. The van der Waals surface area contributed by atoms with Gasteiger partial charge in [0.15, 0.2) is 0 Å². The standard InChI is InChI=1S/C15H11BrClNO5/c16-10-1-4-12(5-2-10)22-7-8-23-15(19)13-6-3-11(18(20)21)9-14(13)17/h1-6,9H,7-8H2. The van der Waals surface area contributed by atoms with Gasteiger partial charge in [-0.1, -0.05) is 27.5 Å². The minimum absolute atomic E-state index is 0.0296. The Hall–Kier alpha value is -2.12. The SMILES string of the molecule is O=C(OCCOc1ccc(Br)cc1)c1ccc([N+](=O)[O-])cc1Cl. The summed E-state index contributed by atoms with van der Waals surface area (Å²) in [5.41, 5.74) is -0.119. The number of rotatable bonds is 6. The highest BCUT2D eigenvalue weighted by Gasteiger charge is 2.16. The summed E-state index contributed by atoms with van der Waals surface area (Å²) in [6.07, 6.45) is 0. The lowest BCUT2D eigenvalue weighted by Gasteiger charge is -2.08. The molecule has 0 N–H and O–H groups in total. The smallest absolute Gasteiger partial charge is 0.339 e. The number of hydrogen-bond donors (Lipinski definition) is 0. The van der Waals surface area contributed by atoms with Gasteiger partial charge in [0.05, 0.1) is 15.5 Å². The molecule has 6 nitrogen and oxygen atoms in total. The van der Waals surface area contributed by atoms with E-state index in [0.29, 0.717) is 5.75 Å². The van der Waals surface area contributed by atoms with E-state index in [0.717, 1.165) is 10.5 Å². The van der Waals surface area contributed by atoms with E-state index in [9.17, 15) is 14.9 Å². The molecule has 0 spiro atoms. The fourth-order valence-corrected chi connectivity index (χ4v) is 2.20. The molecule has 0 aliphatic carbocycles. The predicted molar refractivity (Wildman–Crippen MR) is 88.0 cm³/mol. The van der Waals surface area contributed by atoms with Crippen LogP contribution in [-0.4, -0.2) is 24.1 Å². The van der Waals surface area contributed by atoms with Gasteiger partial charge >= 0.3 is 5.97 Å². The van der Waals surface area contributed by atoms with E-state index >= 15 is 0 Å². The number of hydrogen-bond acceptors (Lipinski definition) is 5. The second kappa shape index (κ2) is 7.94. The molecule has 0 aliphatic heterocycles. The maximum atomic E-state index is 11.9. The Morgan fingerprint density at radius 3 is 2.48 bits per heavy atom. The van der Waals surface area contributed by atoms with Crippen molar-refractivity contribution in [2.24, 2.45) is 0 Å². The molecule has 0 radical (unpaired) electrons. The molecular formula is C15H11BrClNO5. The number of halogens is 2. The van der Waals surface area contributed by atoms with Crippen LogP contribution < -0.4 is 4.74 Å². The zero-order valence-corrected chi connectivity index (χ0v) is 14.0. The van der Waals surface area contributed by atoms with Crippen molar-refractivity contribution in [2.45, 2.75) is 0 Å². The highest BCUT2D eigenvalue weighted by atomic mass is 79.9. The quantitative estimate of drug-likeness (QED) is 0.313. The number of non-ortho nitro benzene ring substituents is 1. The summed E-state index contributed by atoms with van der Waals surface area (Å²) in [5.74, 6) is -0.0121. The second-order valence-corrected chi connectivity index (χ2v) is 5.68. The number of esters is 1. The third-order valence-electron chi connectivity index (χ3n) is 2.78. The topological polar surface area (TPSA) is 78.7 Å². The van der Waals surface area contributed by atoms with Gasteiger partial charge in [-0.15, -0.1) is 0 Å². The van der Waals surface area contributed by atoms with Crippen LogP contribution in [0.25, 0.3) is 0 Å². The molecule has 0 aliphatic rings. The molecule has 0 atom stereocenters. The minimum atomic E-state index is -0.663. The molecule has 0 unspecified atom stereocenters. The lowest BCUT2D eigenvalue weighted by Crippen LogP contribution is -2.12. The highest BCUT2D eigenvalue weighted by Crippen LogP contribution is 2.23. The van der Waals surface area contributed by atoms with Crippen LogP contribution in [0.2, 0.25) is 5.02 Å². The van der Waals surface area contributed by atoms with Gasteiger partial charge in [0, 0.05) is 16.6 Å². The van der Waals surface area contributed by atoms with Crippen molar-refractivity contribution in [3.8, 4) is 5.75 Å². The fraction of sp³-hybridized carbons (Fsp3) is 0.133. The summed E-state index contributed by atoms with van der Waals surface area (Å²) < 4.78 is 11.4. The summed E-state index contributed by atoms with van der Waals surface area (Å²) in [5, 5.41) is 10.6. The Balaban J connectivity index is 1.85. The van der Waals surface area contributed by atoms with Gasteiger partial charge in [-0.25, -0.2) is 4.79 Å². The molecule has 2 aromatic carbocycles. The maximum Gasteiger partial charge on any atom is 0.339 e. The highest BCUT2D eigenvalue weighted by molar-refractivity contribution is 9.10. The number of ether oxygens (including phenoxy) is 2. The average Bonchev–Trinajstić information content (AvgIpc) is 2.52. The van der Waals surface area contributed by atoms with Gasteiger partial charge in [0.1, 0.15) is 19.0 Å².